The fourth-order valence-electron chi connectivity index (χ4n) is 4.75. The summed E-state index contributed by atoms with van der Waals surface area (Å²) in [6.07, 6.45) is 5.13. The first-order chi connectivity index (χ1) is 21.2. The number of nitrogens with one attached hydrogen (secondary N) is 3. The molecule has 3 unspecified atom stereocenters. The van der Waals surface area contributed by atoms with Crippen molar-refractivity contribution < 1.29 is 42.8 Å². The average molecular weight is 626 g/mol. The minimum Gasteiger partial charge on any atom is -0.490 e. The predicted octanol–water partition coefficient (Wildman–Crippen LogP) is 1.45. The van der Waals surface area contributed by atoms with Gasteiger partial charge in [0.1, 0.15) is 18.6 Å². The molecule has 1 amide bonds. The number of hydrogen-bond donors (Lipinski definition) is 3. The molecule has 0 saturated carbocycles. The van der Waals surface area contributed by atoms with E-state index in [0.717, 1.165) is 25.9 Å². The maximum absolute atomic E-state index is 12.0. The number of amides is 1. The van der Waals surface area contributed by atoms with E-state index in [9.17, 15) is 14.4 Å². The SMILES string of the molecule is O=Cc1ccc(C=O)c(OCCOCCOCCOCCOCCOCCNC(=O)CCCCC2SCC3NCNC32)c1. The molecule has 242 valence electrons. The van der Waals surface area contributed by atoms with Gasteiger partial charge in [0.15, 0.2) is 6.29 Å². The Morgan fingerprint density at radius 1 is 0.837 bits per heavy atom. The summed E-state index contributed by atoms with van der Waals surface area (Å²) in [5, 5.41) is 10.6. The van der Waals surface area contributed by atoms with Crippen LogP contribution in [0.5, 0.6) is 5.75 Å². The average Bonchev–Trinajstić information content (AvgIpc) is 3.65. The van der Waals surface area contributed by atoms with Gasteiger partial charge in [0.2, 0.25) is 5.91 Å². The second-order valence-corrected chi connectivity index (χ2v) is 11.4. The van der Waals surface area contributed by atoms with Crippen molar-refractivity contribution >= 4 is 30.2 Å². The lowest BCUT2D eigenvalue weighted by Gasteiger charge is -2.17. The van der Waals surface area contributed by atoms with E-state index in [-0.39, 0.29) is 12.5 Å². The van der Waals surface area contributed by atoms with E-state index in [1.807, 2.05) is 11.8 Å². The van der Waals surface area contributed by atoms with Crippen LogP contribution < -0.4 is 20.7 Å². The van der Waals surface area contributed by atoms with E-state index in [0.29, 0.717) is 126 Å². The van der Waals surface area contributed by atoms with Crippen molar-refractivity contribution in [3.8, 4) is 5.75 Å². The molecule has 1 aromatic carbocycles. The zero-order valence-corrected chi connectivity index (χ0v) is 25.7. The number of thioether (sulfide) groups is 1. The number of hydrogen-bond acceptors (Lipinski definition) is 12. The number of rotatable bonds is 26. The van der Waals surface area contributed by atoms with Crippen LogP contribution in [0.1, 0.15) is 46.4 Å². The minimum atomic E-state index is 0.0884. The zero-order chi connectivity index (χ0) is 30.4. The Morgan fingerprint density at radius 2 is 1.49 bits per heavy atom. The smallest absolute Gasteiger partial charge is 0.220 e. The van der Waals surface area contributed by atoms with Crippen LogP contribution in [-0.2, 0) is 28.5 Å². The summed E-state index contributed by atoms with van der Waals surface area (Å²) >= 11 is 2.05. The fourth-order valence-corrected chi connectivity index (χ4v) is 6.35. The molecule has 3 N–H and O–H groups in total. The van der Waals surface area contributed by atoms with Crippen molar-refractivity contribution in [1.82, 2.24) is 16.0 Å². The molecule has 12 nitrogen and oxygen atoms in total. The number of ether oxygens (including phenoxy) is 6. The second-order valence-electron chi connectivity index (χ2n) is 10.1. The molecule has 0 aliphatic carbocycles. The van der Waals surface area contributed by atoms with Gasteiger partial charge >= 0.3 is 0 Å². The van der Waals surface area contributed by atoms with Gasteiger partial charge < -0.3 is 33.7 Å². The number of aldehydes is 2. The van der Waals surface area contributed by atoms with Crippen molar-refractivity contribution in [1.29, 1.82) is 0 Å². The lowest BCUT2D eigenvalue weighted by molar-refractivity contribution is -0.121. The largest absolute Gasteiger partial charge is 0.490 e. The second kappa shape index (κ2) is 22.4. The first kappa shape index (κ1) is 35.4. The van der Waals surface area contributed by atoms with Crippen LogP contribution in [0.25, 0.3) is 0 Å². The van der Waals surface area contributed by atoms with E-state index in [2.05, 4.69) is 16.0 Å². The zero-order valence-electron chi connectivity index (χ0n) is 24.9. The fraction of sp³-hybridized carbons (Fsp3) is 0.700. The third-order valence-corrected chi connectivity index (χ3v) is 8.52. The minimum absolute atomic E-state index is 0.0884. The topological polar surface area (TPSA) is 143 Å². The van der Waals surface area contributed by atoms with E-state index in [1.54, 1.807) is 12.1 Å². The molecular weight excluding hydrogens is 578 g/mol. The van der Waals surface area contributed by atoms with Crippen molar-refractivity contribution in [2.24, 2.45) is 0 Å². The number of carbonyl (C=O) groups excluding carboxylic acids is 3. The van der Waals surface area contributed by atoms with Crippen molar-refractivity contribution in [2.75, 3.05) is 91.6 Å². The molecule has 3 atom stereocenters. The Balaban J connectivity index is 0.989. The number of unbranched alkanes of at least 4 members (excludes halogenated alkanes) is 1. The monoisotopic (exact) mass is 625 g/mol. The first-order valence-corrected chi connectivity index (χ1v) is 16.2. The summed E-state index contributed by atoms with van der Waals surface area (Å²) in [5.41, 5.74) is 0.831. The Morgan fingerprint density at radius 3 is 2.14 bits per heavy atom. The first-order valence-electron chi connectivity index (χ1n) is 15.1. The summed E-state index contributed by atoms with van der Waals surface area (Å²) in [5.74, 6) is 1.64. The van der Waals surface area contributed by atoms with Gasteiger partial charge in [0, 0.05) is 48.3 Å². The molecule has 2 aliphatic rings. The van der Waals surface area contributed by atoms with Crippen LogP contribution in [0.2, 0.25) is 0 Å². The molecule has 13 heteroatoms. The van der Waals surface area contributed by atoms with Gasteiger partial charge in [0.05, 0.1) is 71.6 Å². The lowest BCUT2D eigenvalue weighted by atomic mass is 10.0. The van der Waals surface area contributed by atoms with Gasteiger partial charge in [-0.3, -0.25) is 25.0 Å². The molecule has 0 spiro atoms. The van der Waals surface area contributed by atoms with Crippen molar-refractivity contribution in [3.05, 3.63) is 29.3 Å². The van der Waals surface area contributed by atoms with E-state index >= 15 is 0 Å². The molecule has 2 aliphatic heterocycles. The molecule has 43 heavy (non-hydrogen) atoms. The van der Waals surface area contributed by atoms with E-state index in [1.165, 1.54) is 11.8 Å². The summed E-state index contributed by atoms with van der Waals surface area (Å²) < 4.78 is 32.9. The highest BCUT2D eigenvalue weighted by molar-refractivity contribution is 8.00. The Labute approximate surface area is 258 Å². The van der Waals surface area contributed by atoms with Crippen LogP contribution in [0.4, 0.5) is 0 Å². The number of fused-ring (bicyclic) bond motifs is 1. The molecule has 0 bridgehead atoms. The lowest BCUT2D eigenvalue weighted by Crippen LogP contribution is -2.36. The molecule has 2 saturated heterocycles. The molecule has 3 rings (SSSR count). The molecular formula is C30H47N3O9S. The molecule has 0 aromatic heterocycles. The summed E-state index contributed by atoms with van der Waals surface area (Å²) in [6, 6.07) is 5.85. The molecule has 1 aromatic rings. The third-order valence-electron chi connectivity index (χ3n) is 7.01. The Hall–Kier alpha value is -2.10. The van der Waals surface area contributed by atoms with Gasteiger partial charge in [-0.25, -0.2) is 0 Å². The van der Waals surface area contributed by atoms with E-state index in [4.69, 9.17) is 28.4 Å². The van der Waals surface area contributed by atoms with E-state index < -0.39 is 0 Å². The third kappa shape index (κ3) is 14.5. The highest BCUT2D eigenvalue weighted by Crippen LogP contribution is 2.32. The summed E-state index contributed by atoms with van der Waals surface area (Å²) in [6.45, 7) is 6.10. The van der Waals surface area contributed by atoms with Gasteiger partial charge in [-0.2, -0.15) is 11.8 Å². The van der Waals surface area contributed by atoms with Gasteiger partial charge in [-0.15, -0.1) is 0 Å². The maximum atomic E-state index is 12.0. The normalized spacial score (nSPS) is 19.3. The molecule has 2 fully saturated rings. The number of carbonyl (C=O) groups is 3. The van der Waals surface area contributed by atoms with Crippen molar-refractivity contribution in [2.45, 2.75) is 43.0 Å². The van der Waals surface area contributed by atoms with Gasteiger partial charge in [0.25, 0.3) is 0 Å². The van der Waals surface area contributed by atoms with Crippen molar-refractivity contribution in [3.63, 3.8) is 0 Å². The highest BCUT2D eigenvalue weighted by atomic mass is 32.2. The van der Waals surface area contributed by atoms with Gasteiger partial charge in [-0.05, 0) is 25.0 Å². The summed E-state index contributed by atoms with van der Waals surface area (Å²) in [7, 11) is 0. The van der Waals surface area contributed by atoms with Crippen LogP contribution >= 0.6 is 11.8 Å². The van der Waals surface area contributed by atoms with Crippen LogP contribution in [-0.4, -0.2) is 127 Å². The quantitative estimate of drug-likeness (QED) is 0.101. The molecule has 2 heterocycles. The standard InChI is InChI=1S/C30H47N3O9S/c34-20-24-5-6-25(21-35)27(19-24)42-18-17-41-16-15-40-14-13-39-12-11-38-10-9-37-8-7-31-29(36)4-2-1-3-28-30-26(22-43-28)32-23-33-30/h5-6,19-21,26,28,30,32-33H,1-4,7-18,22-23H2,(H,31,36). The Kier molecular flexibility index (Phi) is 18.4. The van der Waals surface area contributed by atoms with Gasteiger partial charge in [-0.1, -0.05) is 12.5 Å². The van der Waals surface area contributed by atoms with Crippen LogP contribution in [0.3, 0.4) is 0 Å². The Bertz CT molecular complexity index is 942. The van der Waals surface area contributed by atoms with Crippen LogP contribution in [0.15, 0.2) is 18.2 Å². The molecule has 0 radical (unpaired) electrons. The summed E-state index contributed by atoms with van der Waals surface area (Å²) in [4.78, 5) is 33.9. The number of benzene rings is 1. The highest BCUT2D eigenvalue weighted by Gasteiger charge is 2.38. The van der Waals surface area contributed by atoms with Crippen LogP contribution in [0, 0.1) is 0 Å². The predicted molar refractivity (Wildman–Crippen MR) is 163 cm³/mol. The maximum Gasteiger partial charge on any atom is 0.220 e.